The molecule has 7 heteroatoms. The molecule has 0 atom stereocenters. The Hall–Kier alpha value is -2.05. The van der Waals surface area contributed by atoms with Crippen LogP contribution >= 0.6 is 11.6 Å². The Morgan fingerprint density at radius 2 is 1.50 bits per heavy atom. The van der Waals surface area contributed by atoms with Crippen molar-refractivity contribution in [1.29, 1.82) is 0 Å². The molecule has 2 aromatic rings. The maximum Gasteiger partial charge on any atom is 0.286 e. The summed E-state index contributed by atoms with van der Waals surface area (Å²) in [5.74, 6) is 0.459. The molecule has 0 unspecified atom stereocenters. The second-order valence-corrected chi connectivity index (χ2v) is 11.1. The molecule has 0 saturated heterocycles. The van der Waals surface area contributed by atoms with Gasteiger partial charge in [0.15, 0.2) is 5.84 Å². The largest absolute Gasteiger partial charge is 0.507 e. The van der Waals surface area contributed by atoms with E-state index in [0.717, 1.165) is 11.1 Å². The quantitative estimate of drug-likeness (QED) is 0.664. The Morgan fingerprint density at radius 3 is 2.00 bits per heavy atom. The molecule has 0 bridgehead atoms. The van der Waals surface area contributed by atoms with Crippen LogP contribution in [0.15, 0.2) is 39.6 Å². The van der Waals surface area contributed by atoms with E-state index in [2.05, 4.69) is 9.71 Å². The molecule has 2 aromatic carbocycles. The lowest BCUT2D eigenvalue weighted by molar-refractivity contribution is 0.423. The zero-order chi connectivity index (χ0) is 21.1. The molecule has 0 aliphatic carbocycles. The van der Waals surface area contributed by atoms with Crippen LogP contribution in [-0.2, 0) is 20.9 Å². The average molecular weight is 421 g/mol. The van der Waals surface area contributed by atoms with Crippen molar-refractivity contribution in [3.63, 3.8) is 0 Å². The van der Waals surface area contributed by atoms with Crippen molar-refractivity contribution in [2.24, 2.45) is 4.40 Å². The van der Waals surface area contributed by atoms with E-state index in [4.69, 9.17) is 11.6 Å². The van der Waals surface area contributed by atoms with Gasteiger partial charge in [0.25, 0.3) is 10.0 Å². The zero-order valence-corrected chi connectivity index (χ0v) is 18.5. The van der Waals surface area contributed by atoms with Crippen molar-refractivity contribution in [2.75, 3.05) is 5.32 Å². The molecule has 28 heavy (non-hydrogen) atoms. The van der Waals surface area contributed by atoms with E-state index in [0.29, 0.717) is 16.3 Å². The Kier molecular flexibility index (Phi) is 4.79. The molecule has 1 heterocycles. The first-order valence-corrected chi connectivity index (χ1v) is 10.8. The molecule has 5 nitrogen and oxygen atoms in total. The monoisotopic (exact) mass is 420 g/mol. The Bertz CT molecular complexity index is 1060. The van der Waals surface area contributed by atoms with Gasteiger partial charge in [0.1, 0.15) is 10.6 Å². The van der Waals surface area contributed by atoms with Gasteiger partial charge in [-0.1, -0.05) is 53.1 Å². The topological polar surface area (TPSA) is 78.8 Å². The van der Waals surface area contributed by atoms with E-state index in [1.165, 1.54) is 6.07 Å². The smallest absolute Gasteiger partial charge is 0.286 e. The highest BCUT2D eigenvalue weighted by Gasteiger charge is 2.30. The number of phenolic OH excluding ortho intramolecular Hbond substituents is 1. The maximum absolute atomic E-state index is 12.7. The van der Waals surface area contributed by atoms with Gasteiger partial charge >= 0.3 is 0 Å². The Balaban J connectivity index is 2.25. The molecule has 1 aliphatic rings. The van der Waals surface area contributed by atoms with Gasteiger partial charge in [0.2, 0.25) is 0 Å². The van der Waals surface area contributed by atoms with Crippen LogP contribution in [0.2, 0.25) is 5.02 Å². The van der Waals surface area contributed by atoms with Gasteiger partial charge in [0, 0.05) is 21.7 Å². The number of nitrogens with one attached hydrogen (secondary N) is 1. The normalized spacial score (nSPS) is 16.2. The highest BCUT2D eigenvalue weighted by atomic mass is 35.5. The van der Waals surface area contributed by atoms with Crippen LogP contribution in [0.3, 0.4) is 0 Å². The number of anilines is 1. The minimum atomic E-state index is -3.89. The number of aromatic hydroxyl groups is 1. The third-order valence-electron chi connectivity index (χ3n) is 4.69. The summed E-state index contributed by atoms with van der Waals surface area (Å²) < 4.78 is 29.4. The second kappa shape index (κ2) is 6.49. The van der Waals surface area contributed by atoms with Crippen LogP contribution in [0.5, 0.6) is 5.75 Å². The van der Waals surface area contributed by atoms with Crippen LogP contribution in [0.4, 0.5) is 5.69 Å². The van der Waals surface area contributed by atoms with Crippen molar-refractivity contribution in [3.05, 3.63) is 52.0 Å². The number of rotatable bonds is 1. The standard InChI is InChI=1S/C21H25ClN2O3S/c1-20(2,3)14-9-12(10-15(18(14)25)21(4,5)6)19-23-16-8-7-13(22)11-17(16)28(26,27)24-19/h7-11,25H,1-6H3,(H,23,24). The fraction of sp³-hybridized carbons (Fsp3) is 0.381. The van der Waals surface area contributed by atoms with E-state index in [1.807, 2.05) is 41.5 Å². The molecule has 150 valence electrons. The van der Waals surface area contributed by atoms with Crippen LogP contribution in [-0.4, -0.2) is 19.4 Å². The lowest BCUT2D eigenvalue weighted by Gasteiger charge is -2.29. The van der Waals surface area contributed by atoms with Gasteiger partial charge in [-0.15, -0.1) is 4.40 Å². The predicted octanol–water partition coefficient (Wildman–Crippen LogP) is 5.20. The Labute approximate surface area is 171 Å². The summed E-state index contributed by atoms with van der Waals surface area (Å²) in [5, 5.41) is 14.3. The highest BCUT2D eigenvalue weighted by molar-refractivity contribution is 7.90. The van der Waals surface area contributed by atoms with Gasteiger partial charge in [-0.25, -0.2) is 0 Å². The first-order valence-electron chi connectivity index (χ1n) is 9.00. The van der Waals surface area contributed by atoms with Crippen molar-refractivity contribution in [2.45, 2.75) is 57.3 Å². The number of hydrogen-bond acceptors (Lipinski definition) is 4. The van der Waals surface area contributed by atoms with Crippen molar-refractivity contribution < 1.29 is 13.5 Å². The molecule has 0 spiro atoms. The number of halogens is 1. The van der Waals surface area contributed by atoms with E-state index >= 15 is 0 Å². The fourth-order valence-corrected chi connectivity index (χ4v) is 4.57. The molecular weight excluding hydrogens is 396 g/mol. The summed E-state index contributed by atoms with van der Waals surface area (Å²) in [4.78, 5) is 0.0506. The van der Waals surface area contributed by atoms with Crippen LogP contribution < -0.4 is 5.32 Å². The molecule has 1 aliphatic heterocycles. The first-order chi connectivity index (χ1) is 12.7. The molecule has 0 radical (unpaired) electrons. The number of hydrogen-bond donors (Lipinski definition) is 2. The van der Waals surface area contributed by atoms with Gasteiger partial charge < -0.3 is 10.4 Å². The SMILES string of the molecule is CC(C)(C)c1cc(C2=NS(=O)(=O)c3cc(Cl)ccc3N2)cc(C(C)(C)C)c1O. The molecule has 0 amide bonds. The summed E-state index contributed by atoms with van der Waals surface area (Å²) in [6, 6.07) is 8.24. The van der Waals surface area contributed by atoms with Crippen LogP contribution in [0, 0.1) is 0 Å². The lowest BCUT2D eigenvalue weighted by Crippen LogP contribution is -2.25. The van der Waals surface area contributed by atoms with E-state index < -0.39 is 10.0 Å². The molecular formula is C21H25ClN2O3S. The van der Waals surface area contributed by atoms with Gasteiger partial charge in [0.05, 0.1) is 5.69 Å². The molecule has 3 rings (SSSR count). The molecule has 2 N–H and O–H groups in total. The van der Waals surface area contributed by atoms with Gasteiger partial charge in [-0.3, -0.25) is 0 Å². The highest BCUT2D eigenvalue weighted by Crippen LogP contribution is 2.40. The van der Waals surface area contributed by atoms with Crippen LogP contribution in [0.1, 0.15) is 58.2 Å². The number of benzene rings is 2. The number of sulfonamides is 1. The summed E-state index contributed by atoms with van der Waals surface area (Å²) in [6.07, 6.45) is 0. The maximum atomic E-state index is 12.7. The van der Waals surface area contributed by atoms with Gasteiger partial charge in [-0.05, 0) is 41.2 Å². The predicted molar refractivity (Wildman–Crippen MR) is 114 cm³/mol. The third kappa shape index (κ3) is 3.76. The zero-order valence-electron chi connectivity index (χ0n) is 16.9. The van der Waals surface area contributed by atoms with E-state index in [9.17, 15) is 13.5 Å². The molecule has 0 aromatic heterocycles. The summed E-state index contributed by atoms with van der Waals surface area (Å²) in [6.45, 7) is 12.0. The number of amidine groups is 1. The number of phenols is 1. The first kappa shape index (κ1) is 20.7. The fourth-order valence-electron chi connectivity index (χ4n) is 3.17. The lowest BCUT2D eigenvalue weighted by atomic mass is 9.78. The summed E-state index contributed by atoms with van der Waals surface area (Å²) >= 11 is 5.95. The minimum absolute atomic E-state index is 0.0506. The van der Waals surface area contributed by atoms with Crippen molar-refractivity contribution in [1.82, 2.24) is 0 Å². The average Bonchev–Trinajstić information content (AvgIpc) is 2.53. The number of fused-ring (bicyclic) bond motifs is 1. The molecule has 0 fully saturated rings. The summed E-state index contributed by atoms with van der Waals surface area (Å²) in [5.41, 5.74) is 1.84. The third-order valence-corrected chi connectivity index (χ3v) is 6.24. The number of nitrogens with zero attached hydrogens (tertiary/aromatic N) is 1. The molecule has 0 saturated carbocycles. The van der Waals surface area contributed by atoms with Crippen molar-refractivity contribution >= 4 is 33.1 Å². The minimum Gasteiger partial charge on any atom is -0.507 e. The van der Waals surface area contributed by atoms with Crippen LogP contribution in [0.25, 0.3) is 0 Å². The van der Waals surface area contributed by atoms with E-state index in [-0.39, 0.29) is 27.3 Å². The second-order valence-electron chi connectivity index (χ2n) is 9.10. The summed E-state index contributed by atoms with van der Waals surface area (Å²) in [7, 11) is -3.89. The van der Waals surface area contributed by atoms with Gasteiger partial charge in [-0.2, -0.15) is 8.42 Å². The van der Waals surface area contributed by atoms with E-state index in [1.54, 1.807) is 24.3 Å². The Morgan fingerprint density at radius 1 is 0.964 bits per heavy atom. The van der Waals surface area contributed by atoms with Crippen molar-refractivity contribution in [3.8, 4) is 5.75 Å².